The van der Waals surface area contributed by atoms with E-state index < -0.39 is 0 Å². The molecule has 0 radical (unpaired) electrons. The number of aryl methyl sites for hydroxylation is 1. The minimum atomic E-state index is 0.0982. The lowest BCUT2D eigenvalue weighted by Crippen LogP contribution is -1.92. The number of ketones is 1. The molecule has 1 nitrogen and oxygen atoms in total. The number of Topliss-reactive ketones (excluding diaryl/α,β-unsaturated/α-hetero) is 1. The lowest BCUT2D eigenvalue weighted by molar-refractivity contribution is 0.101. The molecule has 2 aromatic rings. The van der Waals surface area contributed by atoms with Gasteiger partial charge in [0.15, 0.2) is 5.78 Å². The minimum absolute atomic E-state index is 0.0982. The molecule has 0 aliphatic carbocycles. The molecule has 0 bridgehead atoms. The molecule has 2 aromatic carbocycles. The van der Waals surface area contributed by atoms with Crippen molar-refractivity contribution < 1.29 is 4.79 Å². The first kappa shape index (κ1) is 16.0. The molecule has 0 aromatic heterocycles. The molecule has 0 heterocycles. The lowest BCUT2D eigenvalue weighted by atomic mass is 10.0. The fourth-order valence-electron chi connectivity index (χ4n) is 2.24. The molecule has 2 rings (SSSR count). The van der Waals surface area contributed by atoms with Crippen molar-refractivity contribution in [2.75, 3.05) is 0 Å². The van der Waals surface area contributed by atoms with Crippen LogP contribution in [0.3, 0.4) is 0 Å². The predicted octanol–water partition coefficient (Wildman–Crippen LogP) is 5.70. The van der Waals surface area contributed by atoms with Gasteiger partial charge in [0.25, 0.3) is 0 Å². The fraction of sp³-hybridized carbons (Fsp3) is 0.190. The first-order valence-electron chi connectivity index (χ1n) is 7.51. The summed E-state index contributed by atoms with van der Waals surface area (Å²) in [7, 11) is 0. The molecule has 0 fully saturated rings. The second-order valence-electron chi connectivity index (χ2n) is 5.70. The third kappa shape index (κ3) is 4.05. The second kappa shape index (κ2) is 7.04. The van der Waals surface area contributed by atoms with Crippen molar-refractivity contribution in [2.24, 2.45) is 0 Å². The van der Waals surface area contributed by atoms with E-state index in [2.05, 4.69) is 57.2 Å². The standard InChI is InChI=1S/C21H22O/c1-15-8-12-19(13-9-15)16(2)10-11-17(3)20-6-5-7-21(14-20)18(4)22/h5-14H,1-4H3/b16-10+,17-11+. The molecule has 112 valence electrons. The molecule has 0 spiro atoms. The highest BCUT2D eigenvalue weighted by Crippen LogP contribution is 2.19. The fourth-order valence-corrected chi connectivity index (χ4v) is 2.24. The van der Waals surface area contributed by atoms with Gasteiger partial charge in [-0.3, -0.25) is 4.79 Å². The Balaban J connectivity index is 2.25. The van der Waals surface area contributed by atoms with E-state index in [0.717, 1.165) is 16.7 Å². The molecule has 0 atom stereocenters. The van der Waals surface area contributed by atoms with Crippen LogP contribution < -0.4 is 0 Å². The maximum Gasteiger partial charge on any atom is 0.159 e. The van der Waals surface area contributed by atoms with Crippen LogP contribution in [0.1, 0.15) is 47.8 Å². The van der Waals surface area contributed by atoms with Gasteiger partial charge < -0.3 is 0 Å². The Morgan fingerprint density at radius 3 is 1.91 bits per heavy atom. The summed E-state index contributed by atoms with van der Waals surface area (Å²) in [6.45, 7) is 7.87. The molecule has 0 aliphatic rings. The van der Waals surface area contributed by atoms with Crippen molar-refractivity contribution in [3.05, 3.63) is 82.9 Å². The lowest BCUT2D eigenvalue weighted by Gasteiger charge is -2.04. The second-order valence-corrected chi connectivity index (χ2v) is 5.70. The van der Waals surface area contributed by atoms with Crippen molar-refractivity contribution in [1.29, 1.82) is 0 Å². The van der Waals surface area contributed by atoms with Crippen LogP contribution in [0.25, 0.3) is 11.1 Å². The van der Waals surface area contributed by atoms with Crippen LogP contribution in [0.5, 0.6) is 0 Å². The molecular formula is C21H22O. The van der Waals surface area contributed by atoms with Crippen LogP contribution in [0.4, 0.5) is 0 Å². The molecule has 0 N–H and O–H groups in total. The number of benzene rings is 2. The van der Waals surface area contributed by atoms with Gasteiger partial charge in [-0.2, -0.15) is 0 Å². The highest BCUT2D eigenvalue weighted by atomic mass is 16.1. The maximum absolute atomic E-state index is 11.5. The van der Waals surface area contributed by atoms with Crippen LogP contribution in [-0.4, -0.2) is 5.78 Å². The van der Waals surface area contributed by atoms with Gasteiger partial charge in [0.1, 0.15) is 0 Å². The molecule has 0 saturated heterocycles. The third-order valence-corrected chi connectivity index (χ3v) is 3.81. The first-order valence-corrected chi connectivity index (χ1v) is 7.51. The van der Waals surface area contributed by atoms with E-state index in [9.17, 15) is 4.79 Å². The predicted molar refractivity (Wildman–Crippen MR) is 94.9 cm³/mol. The summed E-state index contributed by atoms with van der Waals surface area (Å²) in [6.07, 6.45) is 4.23. The van der Waals surface area contributed by atoms with Gasteiger partial charge in [-0.05, 0) is 56.0 Å². The highest BCUT2D eigenvalue weighted by molar-refractivity contribution is 5.94. The number of allylic oxidation sites excluding steroid dienone is 4. The SMILES string of the molecule is CC(=O)c1cccc(/C(C)=C/C=C(\C)c2ccc(C)cc2)c1. The smallest absolute Gasteiger partial charge is 0.159 e. The average Bonchev–Trinajstić information content (AvgIpc) is 2.53. The summed E-state index contributed by atoms with van der Waals surface area (Å²) in [4.78, 5) is 11.5. The zero-order valence-electron chi connectivity index (χ0n) is 13.7. The molecule has 0 amide bonds. The molecule has 0 unspecified atom stereocenters. The number of hydrogen-bond donors (Lipinski definition) is 0. The van der Waals surface area contributed by atoms with Crippen LogP contribution in [0, 0.1) is 6.92 Å². The van der Waals surface area contributed by atoms with Gasteiger partial charge >= 0.3 is 0 Å². The Morgan fingerprint density at radius 1 is 0.773 bits per heavy atom. The van der Waals surface area contributed by atoms with Gasteiger partial charge in [-0.25, -0.2) is 0 Å². The zero-order chi connectivity index (χ0) is 16.1. The van der Waals surface area contributed by atoms with Gasteiger partial charge in [0, 0.05) is 5.56 Å². The van der Waals surface area contributed by atoms with Crippen LogP contribution in [-0.2, 0) is 0 Å². The van der Waals surface area contributed by atoms with Crippen LogP contribution >= 0.6 is 0 Å². The Bertz CT molecular complexity index is 731. The van der Waals surface area contributed by atoms with Crippen LogP contribution in [0.2, 0.25) is 0 Å². The number of rotatable bonds is 4. The van der Waals surface area contributed by atoms with Crippen molar-refractivity contribution >= 4 is 16.9 Å². The summed E-state index contributed by atoms with van der Waals surface area (Å²) in [5.41, 5.74) is 6.71. The third-order valence-electron chi connectivity index (χ3n) is 3.81. The minimum Gasteiger partial charge on any atom is -0.295 e. The summed E-state index contributed by atoms with van der Waals surface area (Å²) >= 11 is 0. The Kier molecular flexibility index (Phi) is 5.11. The Labute approximate surface area is 133 Å². The Hall–Kier alpha value is -2.41. The van der Waals surface area contributed by atoms with Gasteiger partial charge in [-0.1, -0.05) is 60.2 Å². The van der Waals surface area contributed by atoms with E-state index in [1.807, 2.05) is 24.3 Å². The topological polar surface area (TPSA) is 17.1 Å². The van der Waals surface area contributed by atoms with Crippen molar-refractivity contribution in [2.45, 2.75) is 27.7 Å². The van der Waals surface area contributed by atoms with E-state index in [1.165, 1.54) is 16.7 Å². The van der Waals surface area contributed by atoms with E-state index in [4.69, 9.17) is 0 Å². The molecule has 0 aliphatic heterocycles. The molecule has 1 heteroatoms. The maximum atomic E-state index is 11.5. The summed E-state index contributed by atoms with van der Waals surface area (Å²) in [5, 5.41) is 0. The normalized spacial score (nSPS) is 12.4. The van der Waals surface area contributed by atoms with Gasteiger partial charge in [0.2, 0.25) is 0 Å². The van der Waals surface area contributed by atoms with Crippen molar-refractivity contribution in [3.63, 3.8) is 0 Å². The number of carbonyl (C=O) groups excluding carboxylic acids is 1. The molecule has 22 heavy (non-hydrogen) atoms. The van der Waals surface area contributed by atoms with E-state index >= 15 is 0 Å². The average molecular weight is 290 g/mol. The molecule has 0 saturated carbocycles. The van der Waals surface area contributed by atoms with E-state index in [-0.39, 0.29) is 5.78 Å². The van der Waals surface area contributed by atoms with Crippen molar-refractivity contribution in [1.82, 2.24) is 0 Å². The summed E-state index contributed by atoms with van der Waals surface area (Å²) in [6, 6.07) is 16.3. The van der Waals surface area contributed by atoms with Crippen LogP contribution in [0.15, 0.2) is 60.7 Å². The van der Waals surface area contributed by atoms with Crippen molar-refractivity contribution in [3.8, 4) is 0 Å². The van der Waals surface area contributed by atoms with E-state index in [1.54, 1.807) is 6.92 Å². The monoisotopic (exact) mass is 290 g/mol. The van der Waals surface area contributed by atoms with Gasteiger partial charge in [0.05, 0.1) is 0 Å². The quantitative estimate of drug-likeness (QED) is 0.521. The van der Waals surface area contributed by atoms with E-state index in [0.29, 0.717) is 0 Å². The highest BCUT2D eigenvalue weighted by Gasteiger charge is 2.01. The summed E-state index contributed by atoms with van der Waals surface area (Å²) in [5.74, 6) is 0.0982. The Morgan fingerprint density at radius 2 is 1.32 bits per heavy atom. The molecular weight excluding hydrogens is 268 g/mol. The largest absolute Gasteiger partial charge is 0.295 e. The van der Waals surface area contributed by atoms with Gasteiger partial charge in [-0.15, -0.1) is 0 Å². The zero-order valence-corrected chi connectivity index (χ0v) is 13.7. The number of carbonyl (C=O) groups is 1. The summed E-state index contributed by atoms with van der Waals surface area (Å²) < 4.78 is 0. The first-order chi connectivity index (χ1) is 10.5. The number of hydrogen-bond acceptors (Lipinski definition) is 1.